The molecule has 0 aliphatic rings. The Bertz CT molecular complexity index is 529. The molecule has 4 heteroatoms. The molecule has 0 spiro atoms. The highest BCUT2D eigenvalue weighted by Crippen LogP contribution is 2.08. The number of carbonyl (C=O) groups excluding carboxylic acids is 1. The molecule has 0 aliphatic heterocycles. The SMILES string of the molecule is CC(COc1ccccc1)NC(=O)Nc1ccccc1. The first-order chi connectivity index (χ1) is 9.74. The second kappa shape index (κ2) is 7.19. The Morgan fingerprint density at radius 2 is 1.65 bits per heavy atom. The lowest BCUT2D eigenvalue weighted by molar-refractivity contribution is 0.236. The smallest absolute Gasteiger partial charge is 0.319 e. The number of anilines is 1. The van der Waals surface area contributed by atoms with Gasteiger partial charge in [0.2, 0.25) is 0 Å². The van der Waals surface area contributed by atoms with Crippen LogP contribution in [0.3, 0.4) is 0 Å². The van der Waals surface area contributed by atoms with Crippen LogP contribution < -0.4 is 15.4 Å². The molecule has 1 atom stereocenters. The number of rotatable bonds is 5. The van der Waals surface area contributed by atoms with Crippen LogP contribution in [0.2, 0.25) is 0 Å². The molecule has 0 bridgehead atoms. The summed E-state index contributed by atoms with van der Waals surface area (Å²) in [6, 6.07) is 18.5. The van der Waals surface area contributed by atoms with Gasteiger partial charge in [0.15, 0.2) is 0 Å². The number of nitrogens with one attached hydrogen (secondary N) is 2. The number of benzene rings is 2. The van der Waals surface area contributed by atoms with Crippen molar-refractivity contribution in [2.45, 2.75) is 13.0 Å². The van der Waals surface area contributed by atoms with E-state index in [0.29, 0.717) is 6.61 Å². The topological polar surface area (TPSA) is 50.4 Å². The molecule has 0 radical (unpaired) electrons. The number of hydrogen-bond donors (Lipinski definition) is 2. The van der Waals surface area contributed by atoms with Crippen LogP contribution in [0, 0.1) is 0 Å². The summed E-state index contributed by atoms with van der Waals surface area (Å²) >= 11 is 0. The van der Waals surface area contributed by atoms with Gasteiger partial charge in [0.1, 0.15) is 12.4 Å². The normalized spacial score (nSPS) is 11.4. The third-order valence-electron chi connectivity index (χ3n) is 2.65. The Morgan fingerprint density at radius 3 is 2.30 bits per heavy atom. The average Bonchev–Trinajstić information content (AvgIpc) is 2.47. The highest BCUT2D eigenvalue weighted by molar-refractivity contribution is 5.89. The number of ether oxygens (including phenoxy) is 1. The maximum Gasteiger partial charge on any atom is 0.319 e. The lowest BCUT2D eigenvalue weighted by Crippen LogP contribution is -2.39. The van der Waals surface area contributed by atoms with E-state index in [0.717, 1.165) is 11.4 Å². The molecule has 1 unspecified atom stereocenters. The van der Waals surface area contributed by atoms with Crippen LogP contribution in [0.15, 0.2) is 60.7 Å². The van der Waals surface area contributed by atoms with Crippen LogP contribution in [-0.2, 0) is 0 Å². The average molecular weight is 270 g/mol. The molecule has 2 aromatic carbocycles. The van der Waals surface area contributed by atoms with Crippen molar-refractivity contribution in [1.82, 2.24) is 5.32 Å². The third kappa shape index (κ3) is 4.65. The van der Waals surface area contributed by atoms with E-state index in [4.69, 9.17) is 4.74 Å². The van der Waals surface area contributed by atoms with E-state index in [1.54, 1.807) is 0 Å². The van der Waals surface area contributed by atoms with Crippen LogP contribution >= 0.6 is 0 Å². The lowest BCUT2D eigenvalue weighted by Gasteiger charge is -2.15. The number of urea groups is 1. The van der Waals surface area contributed by atoms with Crippen LogP contribution in [0.25, 0.3) is 0 Å². The first kappa shape index (κ1) is 13.9. The molecule has 0 heterocycles. The fourth-order valence-electron chi connectivity index (χ4n) is 1.69. The van der Waals surface area contributed by atoms with Crippen molar-refractivity contribution >= 4 is 11.7 Å². The molecule has 104 valence electrons. The van der Waals surface area contributed by atoms with Crippen molar-refractivity contribution in [1.29, 1.82) is 0 Å². The van der Waals surface area contributed by atoms with E-state index in [1.807, 2.05) is 67.6 Å². The summed E-state index contributed by atoms with van der Waals surface area (Å²) < 4.78 is 5.58. The van der Waals surface area contributed by atoms with Gasteiger partial charge >= 0.3 is 6.03 Å². The molecule has 2 N–H and O–H groups in total. The number of hydrogen-bond acceptors (Lipinski definition) is 2. The van der Waals surface area contributed by atoms with E-state index in [1.165, 1.54) is 0 Å². The molecule has 2 amide bonds. The van der Waals surface area contributed by atoms with Gasteiger partial charge in [-0.25, -0.2) is 4.79 Å². The Hall–Kier alpha value is -2.49. The van der Waals surface area contributed by atoms with Crippen molar-refractivity contribution < 1.29 is 9.53 Å². The highest BCUT2D eigenvalue weighted by atomic mass is 16.5. The molecular formula is C16H18N2O2. The van der Waals surface area contributed by atoms with Gasteiger partial charge in [-0.15, -0.1) is 0 Å². The van der Waals surface area contributed by atoms with Gasteiger partial charge in [-0.05, 0) is 31.2 Å². The van der Waals surface area contributed by atoms with Crippen LogP contribution in [0.4, 0.5) is 10.5 Å². The summed E-state index contributed by atoms with van der Waals surface area (Å²) in [5, 5.41) is 5.59. The quantitative estimate of drug-likeness (QED) is 0.876. The third-order valence-corrected chi connectivity index (χ3v) is 2.65. The molecule has 2 aromatic rings. The fraction of sp³-hybridized carbons (Fsp3) is 0.188. The second-order valence-corrected chi connectivity index (χ2v) is 4.49. The van der Waals surface area contributed by atoms with Gasteiger partial charge in [-0.1, -0.05) is 36.4 Å². The number of carbonyl (C=O) groups is 1. The Balaban J connectivity index is 1.74. The molecule has 0 aliphatic carbocycles. The van der Waals surface area contributed by atoms with Gasteiger partial charge in [-0.3, -0.25) is 0 Å². The highest BCUT2D eigenvalue weighted by Gasteiger charge is 2.07. The van der Waals surface area contributed by atoms with E-state index in [-0.39, 0.29) is 12.1 Å². The lowest BCUT2D eigenvalue weighted by atomic mass is 10.3. The zero-order valence-electron chi connectivity index (χ0n) is 11.4. The van der Waals surface area contributed by atoms with Crippen LogP contribution in [0.5, 0.6) is 5.75 Å². The molecular weight excluding hydrogens is 252 g/mol. The van der Waals surface area contributed by atoms with Crippen molar-refractivity contribution in [3.8, 4) is 5.75 Å². The van der Waals surface area contributed by atoms with Crippen molar-refractivity contribution in [3.63, 3.8) is 0 Å². The minimum absolute atomic E-state index is 0.0843. The zero-order chi connectivity index (χ0) is 14.2. The number of amides is 2. The molecule has 0 aromatic heterocycles. The standard InChI is InChI=1S/C16H18N2O2/c1-13(12-20-15-10-6-3-7-11-15)17-16(19)18-14-8-4-2-5-9-14/h2-11,13H,12H2,1H3,(H2,17,18,19). The maximum atomic E-state index is 11.8. The monoisotopic (exact) mass is 270 g/mol. The van der Waals surface area contributed by atoms with Crippen LogP contribution in [-0.4, -0.2) is 18.7 Å². The van der Waals surface area contributed by atoms with Gasteiger partial charge in [0, 0.05) is 5.69 Å². The second-order valence-electron chi connectivity index (χ2n) is 4.49. The molecule has 0 saturated carbocycles. The van der Waals surface area contributed by atoms with Crippen LogP contribution in [0.1, 0.15) is 6.92 Å². The summed E-state index contributed by atoms with van der Waals surface area (Å²) in [6.07, 6.45) is 0. The number of para-hydroxylation sites is 2. The molecule has 20 heavy (non-hydrogen) atoms. The summed E-state index contributed by atoms with van der Waals surface area (Å²) in [5.41, 5.74) is 0.765. The van der Waals surface area contributed by atoms with Gasteiger partial charge in [0.25, 0.3) is 0 Å². The van der Waals surface area contributed by atoms with E-state index in [2.05, 4.69) is 10.6 Å². The predicted octanol–water partition coefficient (Wildman–Crippen LogP) is 3.28. The maximum absolute atomic E-state index is 11.8. The minimum atomic E-state index is -0.236. The summed E-state index contributed by atoms with van der Waals surface area (Å²) in [7, 11) is 0. The van der Waals surface area contributed by atoms with Crippen molar-refractivity contribution in [2.24, 2.45) is 0 Å². The first-order valence-corrected chi connectivity index (χ1v) is 6.54. The Morgan fingerprint density at radius 1 is 1.05 bits per heavy atom. The van der Waals surface area contributed by atoms with Crippen molar-refractivity contribution in [2.75, 3.05) is 11.9 Å². The van der Waals surface area contributed by atoms with E-state index in [9.17, 15) is 4.79 Å². The molecule has 0 fully saturated rings. The Labute approximate surface area is 118 Å². The van der Waals surface area contributed by atoms with Gasteiger partial charge < -0.3 is 15.4 Å². The molecule has 0 saturated heterocycles. The zero-order valence-corrected chi connectivity index (χ0v) is 11.4. The predicted molar refractivity (Wildman–Crippen MR) is 80.0 cm³/mol. The van der Waals surface area contributed by atoms with E-state index < -0.39 is 0 Å². The largest absolute Gasteiger partial charge is 0.491 e. The fourth-order valence-corrected chi connectivity index (χ4v) is 1.69. The molecule has 4 nitrogen and oxygen atoms in total. The summed E-state index contributed by atoms with van der Waals surface area (Å²) in [5.74, 6) is 0.796. The van der Waals surface area contributed by atoms with Gasteiger partial charge in [0.05, 0.1) is 6.04 Å². The Kier molecular flexibility index (Phi) is 5.00. The van der Waals surface area contributed by atoms with Crippen molar-refractivity contribution in [3.05, 3.63) is 60.7 Å². The summed E-state index contributed by atoms with van der Waals surface area (Å²) in [4.78, 5) is 11.8. The first-order valence-electron chi connectivity index (χ1n) is 6.54. The minimum Gasteiger partial charge on any atom is -0.491 e. The van der Waals surface area contributed by atoms with Gasteiger partial charge in [-0.2, -0.15) is 0 Å². The van der Waals surface area contributed by atoms with E-state index >= 15 is 0 Å². The summed E-state index contributed by atoms with van der Waals surface area (Å²) in [6.45, 7) is 2.32. The molecule has 2 rings (SSSR count).